The zero-order chi connectivity index (χ0) is 19.8. The molecule has 5 heteroatoms. The van der Waals surface area contributed by atoms with Crippen molar-refractivity contribution >= 4 is 40.3 Å². The largest absolute Gasteiger partial charge is 0.489 e. The highest BCUT2D eigenvalue weighted by atomic mass is 127. The molecule has 3 aromatic rings. The van der Waals surface area contributed by atoms with Gasteiger partial charge in [0, 0.05) is 9.26 Å². The van der Waals surface area contributed by atoms with Crippen LogP contribution in [0.5, 0.6) is 5.75 Å². The molecule has 0 heterocycles. The molecule has 0 radical (unpaired) electrons. The van der Waals surface area contributed by atoms with E-state index in [9.17, 15) is 10.1 Å². The molecule has 4 nitrogen and oxygen atoms in total. The van der Waals surface area contributed by atoms with Crippen molar-refractivity contribution in [2.75, 3.05) is 5.32 Å². The first-order chi connectivity index (χ1) is 13.6. The molecule has 0 unspecified atom stereocenters. The molecule has 0 aliphatic rings. The van der Waals surface area contributed by atoms with Crippen molar-refractivity contribution in [3.05, 3.63) is 99.1 Å². The van der Waals surface area contributed by atoms with Crippen molar-refractivity contribution in [3.63, 3.8) is 0 Å². The maximum absolute atomic E-state index is 12.4. The fraction of sp³-hybridized carbons (Fsp3) is 0.0435. The molecule has 0 fully saturated rings. The highest BCUT2D eigenvalue weighted by molar-refractivity contribution is 14.1. The molecule has 28 heavy (non-hydrogen) atoms. The fourth-order valence-corrected chi connectivity index (χ4v) is 3.02. The predicted octanol–water partition coefficient (Wildman–Crippen LogP) is 5.42. The predicted molar refractivity (Wildman–Crippen MR) is 119 cm³/mol. The third kappa shape index (κ3) is 5.69. The number of hydrogen-bond donors (Lipinski definition) is 1. The van der Waals surface area contributed by atoms with Gasteiger partial charge in [0.15, 0.2) is 0 Å². The molecule has 3 aromatic carbocycles. The van der Waals surface area contributed by atoms with E-state index in [4.69, 9.17) is 4.74 Å². The first kappa shape index (κ1) is 19.6. The second-order valence-electron chi connectivity index (χ2n) is 5.98. The van der Waals surface area contributed by atoms with Crippen molar-refractivity contribution in [1.29, 1.82) is 5.26 Å². The van der Waals surface area contributed by atoms with Crippen LogP contribution in [-0.2, 0) is 11.4 Å². The van der Waals surface area contributed by atoms with Crippen molar-refractivity contribution in [1.82, 2.24) is 0 Å². The summed E-state index contributed by atoms with van der Waals surface area (Å²) < 4.78 is 6.75. The van der Waals surface area contributed by atoms with E-state index in [-0.39, 0.29) is 5.57 Å². The Morgan fingerprint density at radius 3 is 2.46 bits per heavy atom. The fourth-order valence-electron chi connectivity index (χ4n) is 2.48. The molecule has 0 bridgehead atoms. The Hall–Kier alpha value is -3.11. The van der Waals surface area contributed by atoms with Crippen LogP contribution >= 0.6 is 22.6 Å². The van der Waals surface area contributed by atoms with Crippen molar-refractivity contribution in [2.24, 2.45) is 0 Å². The Labute approximate surface area is 177 Å². The number of benzene rings is 3. The lowest BCUT2D eigenvalue weighted by Crippen LogP contribution is -2.13. The number of nitrogens with one attached hydrogen (secondary N) is 1. The molecule has 0 aromatic heterocycles. The van der Waals surface area contributed by atoms with Gasteiger partial charge in [-0.05, 0) is 70.1 Å². The Morgan fingerprint density at radius 1 is 1.04 bits per heavy atom. The Kier molecular flexibility index (Phi) is 6.82. The maximum atomic E-state index is 12.4. The van der Waals surface area contributed by atoms with E-state index < -0.39 is 5.91 Å². The number of nitriles is 1. The minimum Gasteiger partial charge on any atom is -0.489 e. The molecule has 0 saturated heterocycles. The SMILES string of the molecule is N#C/C(=C\c1ccc(OCc2ccccc2)cc1)C(=O)Nc1cccc(I)c1. The first-order valence-electron chi connectivity index (χ1n) is 8.59. The third-order valence-corrected chi connectivity index (χ3v) is 4.56. The summed E-state index contributed by atoms with van der Waals surface area (Å²) in [4.78, 5) is 12.4. The number of amides is 1. The van der Waals surface area contributed by atoms with Gasteiger partial charge in [-0.25, -0.2) is 0 Å². The van der Waals surface area contributed by atoms with Gasteiger partial charge in [-0.1, -0.05) is 48.5 Å². The standard InChI is InChI=1S/C23H17IN2O2/c24-20-7-4-8-21(14-20)26-23(27)19(15-25)13-17-9-11-22(12-10-17)28-16-18-5-2-1-3-6-18/h1-14H,16H2,(H,26,27)/b19-13+. The maximum Gasteiger partial charge on any atom is 0.266 e. The number of ether oxygens (including phenoxy) is 1. The van der Waals surface area contributed by atoms with Crippen LogP contribution in [0.25, 0.3) is 6.08 Å². The molecule has 0 atom stereocenters. The number of hydrogen-bond acceptors (Lipinski definition) is 3. The smallest absolute Gasteiger partial charge is 0.266 e. The minimum atomic E-state index is -0.436. The van der Waals surface area contributed by atoms with E-state index in [1.54, 1.807) is 12.1 Å². The summed E-state index contributed by atoms with van der Waals surface area (Å²) in [5.74, 6) is 0.289. The van der Waals surface area contributed by atoms with Crippen LogP contribution in [0.1, 0.15) is 11.1 Å². The van der Waals surface area contributed by atoms with Crippen LogP contribution in [0.15, 0.2) is 84.4 Å². The number of anilines is 1. The molecule has 1 amide bonds. The highest BCUT2D eigenvalue weighted by Crippen LogP contribution is 2.17. The van der Waals surface area contributed by atoms with Crippen LogP contribution < -0.4 is 10.1 Å². The van der Waals surface area contributed by atoms with Crippen LogP contribution in [0, 0.1) is 14.9 Å². The van der Waals surface area contributed by atoms with Crippen LogP contribution in [0.4, 0.5) is 5.69 Å². The number of carbonyl (C=O) groups is 1. The average Bonchev–Trinajstić information content (AvgIpc) is 2.72. The van der Waals surface area contributed by atoms with E-state index in [0.717, 1.165) is 20.4 Å². The monoisotopic (exact) mass is 480 g/mol. The lowest BCUT2D eigenvalue weighted by molar-refractivity contribution is -0.112. The lowest BCUT2D eigenvalue weighted by Gasteiger charge is -2.07. The Morgan fingerprint density at radius 2 is 1.79 bits per heavy atom. The zero-order valence-electron chi connectivity index (χ0n) is 14.9. The van der Waals surface area contributed by atoms with E-state index in [2.05, 4.69) is 27.9 Å². The molecular formula is C23H17IN2O2. The van der Waals surface area contributed by atoms with Crippen molar-refractivity contribution < 1.29 is 9.53 Å². The summed E-state index contributed by atoms with van der Waals surface area (Å²) >= 11 is 2.17. The summed E-state index contributed by atoms with van der Waals surface area (Å²) in [5.41, 5.74) is 2.53. The van der Waals surface area contributed by atoms with Gasteiger partial charge in [0.2, 0.25) is 0 Å². The number of nitrogens with zero attached hydrogens (tertiary/aromatic N) is 1. The van der Waals surface area contributed by atoms with Gasteiger partial charge in [0.1, 0.15) is 24.0 Å². The molecule has 0 spiro atoms. The van der Waals surface area contributed by atoms with Crippen LogP contribution in [0.3, 0.4) is 0 Å². The summed E-state index contributed by atoms with van der Waals surface area (Å²) in [6.45, 7) is 0.484. The third-order valence-electron chi connectivity index (χ3n) is 3.89. The van der Waals surface area contributed by atoms with E-state index in [1.165, 1.54) is 0 Å². The summed E-state index contributed by atoms with van der Waals surface area (Å²) in [6, 6.07) is 26.5. The summed E-state index contributed by atoms with van der Waals surface area (Å²) in [7, 11) is 0. The van der Waals surface area contributed by atoms with Crippen molar-refractivity contribution in [2.45, 2.75) is 6.61 Å². The van der Waals surface area contributed by atoms with Gasteiger partial charge in [0.25, 0.3) is 5.91 Å². The van der Waals surface area contributed by atoms with Crippen LogP contribution in [-0.4, -0.2) is 5.91 Å². The number of halogens is 1. The van der Waals surface area contributed by atoms with E-state index >= 15 is 0 Å². The van der Waals surface area contributed by atoms with Gasteiger partial charge in [-0.3, -0.25) is 4.79 Å². The van der Waals surface area contributed by atoms with Gasteiger partial charge in [-0.2, -0.15) is 5.26 Å². The molecule has 0 aliphatic carbocycles. The summed E-state index contributed by atoms with van der Waals surface area (Å²) in [5, 5.41) is 12.1. The lowest BCUT2D eigenvalue weighted by atomic mass is 10.1. The topological polar surface area (TPSA) is 62.1 Å². The van der Waals surface area contributed by atoms with Crippen LogP contribution in [0.2, 0.25) is 0 Å². The highest BCUT2D eigenvalue weighted by Gasteiger charge is 2.09. The van der Waals surface area contributed by atoms with E-state index in [1.807, 2.05) is 78.9 Å². The normalized spacial score (nSPS) is 10.8. The molecule has 138 valence electrons. The Balaban J connectivity index is 1.65. The van der Waals surface area contributed by atoms with Gasteiger partial charge >= 0.3 is 0 Å². The van der Waals surface area contributed by atoms with E-state index in [0.29, 0.717) is 12.3 Å². The molecule has 0 saturated carbocycles. The number of rotatable bonds is 6. The first-order valence-corrected chi connectivity index (χ1v) is 9.67. The molecular weight excluding hydrogens is 463 g/mol. The van der Waals surface area contributed by atoms with Gasteiger partial charge < -0.3 is 10.1 Å². The quantitative estimate of drug-likeness (QED) is 0.291. The van der Waals surface area contributed by atoms with Gasteiger partial charge in [0.05, 0.1) is 0 Å². The zero-order valence-corrected chi connectivity index (χ0v) is 17.1. The second-order valence-corrected chi connectivity index (χ2v) is 7.22. The molecule has 0 aliphatic heterocycles. The van der Waals surface area contributed by atoms with Crippen molar-refractivity contribution in [3.8, 4) is 11.8 Å². The second kappa shape index (κ2) is 9.72. The molecule has 3 rings (SSSR count). The number of carbonyl (C=O) groups excluding carboxylic acids is 1. The average molecular weight is 480 g/mol. The summed E-state index contributed by atoms with van der Waals surface area (Å²) in [6.07, 6.45) is 1.56. The minimum absolute atomic E-state index is 0.0387. The Bertz CT molecular complexity index is 1020. The molecule has 1 N–H and O–H groups in total. The van der Waals surface area contributed by atoms with Gasteiger partial charge in [-0.15, -0.1) is 0 Å².